The Morgan fingerprint density at radius 1 is 1.37 bits per heavy atom. The average Bonchev–Trinajstić information content (AvgIpc) is 2.27. The molecular weight excluding hydrogens is 254 g/mol. The molecule has 0 aromatic rings. The second kappa shape index (κ2) is 6.37. The second-order valence-electron chi connectivity index (χ2n) is 4.83. The summed E-state index contributed by atoms with van der Waals surface area (Å²) in [6, 6.07) is -1.95. The lowest BCUT2D eigenvalue weighted by atomic mass is 9.93. The second-order valence-corrected chi connectivity index (χ2v) is 4.83. The highest BCUT2D eigenvalue weighted by molar-refractivity contribution is 5.87. The number of ether oxygens (including phenoxy) is 1. The van der Waals surface area contributed by atoms with Crippen molar-refractivity contribution >= 4 is 17.9 Å². The summed E-state index contributed by atoms with van der Waals surface area (Å²) >= 11 is 0. The third kappa shape index (κ3) is 5.12. The summed E-state index contributed by atoms with van der Waals surface area (Å²) in [5.74, 6) is -2.09. The van der Waals surface area contributed by atoms with Gasteiger partial charge in [-0.05, 0) is 19.8 Å². The van der Waals surface area contributed by atoms with Crippen LogP contribution in [-0.4, -0.2) is 47.8 Å². The third-order valence-corrected chi connectivity index (χ3v) is 3.02. The molecule has 1 aliphatic heterocycles. The molecule has 0 saturated carbocycles. The number of nitrogens with one attached hydrogen (secondary N) is 2. The van der Waals surface area contributed by atoms with Crippen molar-refractivity contribution < 1.29 is 24.2 Å². The van der Waals surface area contributed by atoms with Crippen molar-refractivity contribution in [2.45, 2.75) is 37.8 Å². The Kier molecular flexibility index (Phi) is 5.11. The Morgan fingerprint density at radius 2 is 1.95 bits per heavy atom. The summed E-state index contributed by atoms with van der Waals surface area (Å²) in [5.41, 5.74) is 4.49. The van der Waals surface area contributed by atoms with Crippen molar-refractivity contribution in [1.82, 2.24) is 10.6 Å². The zero-order chi connectivity index (χ0) is 14.5. The quantitative estimate of drug-likeness (QED) is 0.520. The Bertz CT molecular complexity index is 365. The number of hydrogen-bond donors (Lipinski definition) is 4. The van der Waals surface area contributed by atoms with Crippen molar-refractivity contribution in [3.8, 4) is 0 Å². The van der Waals surface area contributed by atoms with E-state index < -0.39 is 35.9 Å². The predicted molar refractivity (Wildman–Crippen MR) is 65.4 cm³/mol. The number of aliphatic carboxylic acids is 1. The Balaban J connectivity index is 2.52. The van der Waals surface area contributed by atoms with E-state index in [0.717, 1.165) is 0 Å². The summed E-state index contributed by atoms with van der Waals surface area (Å²) in [4.78, 5) is 33.3. The van der Waals surface area contributed by atoms with Crippen LogP contribution in [0, 0.1) is 0 Å². The lowest BCUT2D eigenvalue weighted by molar-refractivity contribution is -0.140. The number of primary amides is 1. The lowest BCUT2D eigenvalue weighted by Crippen LogP contribution is -2.56. The van der Waals surface area contributed by atoms with Crippen LogP contribution in [-0.2, 0) is 14.3 Å². The van der Waals surface area contributed by atoms with E-state index in [-0.39, 0.29) is 0 Å². The third-order valence-electron chi connectivity index (χ3n) is 3.02. The fourth-order valence-corrected chi connectivity index (χ4v) is 1.82. The standard InChI is InChI=1S/C11H19N3O5/c1-11(2-4-19-5-3-11)14-10(18)13-7(9(16)17)6-8(12)15/h7H,2-6H2,1H3,(H2,12,15)(H,16,17)(H2,13,14,18)/t7-/m1/s1. The summed E-state index contributed by atoms with van der Waals surface area (Å²) < 4.78 is 5.19. The fraction of sp³-hybridized carbons (Fsp3) is 0.727. The average molecular weight is 273 g/mol. The van der Waals surface area contributed by atoms with Gasteiger partial charge < -0.3 is 26.2 Å². The van der Waals surface area contributed by atoms with Gasteiger partial charge in [-0.25, -0.2) is 9.59 Å². The molecule has 8 nitrogen and oxygen atoms in total. The van der Waals surface area contributed by atoms with E-state index >= 15 is 0 Å². The number of amides is 3. The van der Waals surface area contributed by atoms with Gasteiger partial charge in [-0.1, -0.05) is 0 Å². The molecule has 1 rings (SSSR count). The van der Waals surface area contributed by atoms with E-state index in [9.17, 15) is 14.4 Å². The molecule has 108 valence electrons. The lowest BCUT2D eigenvalue weighted by Gasteiger charge is -2.34. The molecule has 0 spiro atoms. The van der Waals surface area contributed by atoms with Crippen molar-refractivity contribution in [2.75, 3.05) is 13.2 Å². The van der Waals surface area contributed by atoms with Crippen molar-refractivity contribution in [3.05, 3.63) is 0 Å². The molecule has 0 unspecified atom stereocenters. The molecule has 0 bridgehead atoms. The van der Waals surface area contributed by atoms with Crippen LogP contribution in [0.25, 0.3) is 0 Å². The molecule has 1 atom stereocenters. The molecular formula is C11H19N3O5. The van der Waals surface area contributed by atoms with Crippen LogP contribution >= 0.6 is 0 Å². The number of rotatable bonds is 5. The van der Waals surface area contributed by atoms with Gasteiger partial charge in [0.2, 0.25) is 5.91 Å². The van der Waals surface area contributed by atoms with Gasteiger partial charge in [0.15, 0.2) is 0 Å². The summed E-state index contributed by atoms with van der Waals surface area (Å²) in [6.45, 7) is 2.94. The van der Waals surface area contributed by atoms with Gasteiger partial charge in [0.05, 0.1) is 6.42 Å². The zero-order valence-corrected chi connectivity index (χ0v) is 10.8. The molecule has 0 aliphatic carbocycles. The van der Waals surface area contributed by atoms with E-state index in [4.69, 9.17) is 15.6 Å². The first-order valence-electron chi connectivity index (χ1n) is 6.00. The van der Waals surface area contributed by atoms with Crippen molar-refractivity contribution in [1.29, 1.82) is 0 Å². The Labute approximate surface area is 110 Å². The smallest absolute Gasteiger partial charge is 0.326 e. The molecule has 0 radical (unpaired) electrons. The van der Waals surface area contributed by atoms with Crippen molar-refractivity contribution in [2.24, 2.45) is 5.73 Å². The minimum Gasteiger partial charge on any atom is -0.480 e. The monoisotopic (exact) mass is 273 g/mol. The number of carbonyl (C=O) groups excluding carboxylic acids is 2. The Hall–Kier alpha value is -1.83. The minimum absolute atomic E-state index is 0.432. The largest absolute Gasteiger partial charge is 0.480 e. The highest BCUT2D eigenvalue weighted by atomic mass is 16.5. The van der Waals surface area contributed by atoms with Gasteiger partial charge in [-0.2, -0.15) is 0 Å². The van der Waals surface area contributed by atoms with E-state index in [2.05, 4.69) is 10.6 Å². The molecule has 5 N–H and O–H groups in total. The van der Waals surface area contributed by atoms with Gasteiger partial charge in [0.25, 0.3) is 0 Å². The molecule has 1 aliphatic rings. The van der Waals surface area contributed by atoms with Crippen molar-refractivity contribution in [3.63, 3.8) is 0 Å². The maximum absolute atomic E-state index is 11.7. The maximum atomic E-state index is 11.7. The fourth-order valence-electron chi connectivity index (χ4n) is 1.82. The first kappa shape index (κ1) is 15.2. The minimum atomic E-state index is -1.32. The molecule has 0 aromatic carbocycles. The predicted octanol–water partition coefficient (Wildman–Crippen LogP) is -0.817. The molecule has 1 saturated heterocycles. The molecule has 19 heavy (non-hydrogen) atoms. The topological polar surface area (TPSA) is 131 Å². The van der Waals surface area contributed by atoms with Crippen LogP contribution in [0.1, 0.15) is 26.2 Å². The molecule has 1 fully saturated rings. The number of carbonyl (C=O) groups is 3. The van der Waals surface area contributed by atoms with Crippen LogP contribution in [0.2, 0.25) is 0 Å². The molecule has 1 heterocycles. The highest BCUT2D eigenvalue weighted by Gasteiger charge is 2.30. The summed E-state index contributed by atoms with van der Waals surface area (Å²) in [5, 5.41) is 13.8. The van der Waals surface area contributed by atoms with E-state index in [0.29, 0.717) is 26.1 Å². The first-order chi connectivity index (χ1) is 8.82. The SMILES string of the molecule is CC1(NC(=O)N[C@H](CC(N)=O)C(=O)O)CCOCC1. The van der Waals surface area contributed by atoms with Crippen LogP contribution < -0.4 is 16.4 Å². The number of carboxylic acids is 1. The summed E-state index contributed by atoms with van der Waals surface area (Å²) in [7, 11) is 0. The highest BCUT2D eigenvalue weighted by Crippen LogP contribution is 2.19. The van der Waals surface area contributed by atoms with Crippen LogP contribution in [0.3, 0.4) is 0 Å². The maximum Gasteiger partial charge on any atom is 0.326 e. The number of urea groups is 1. The van der Waals surface area contributed by atoms with Gasteiger partial charge in [-0.3, -0.25) is 4.79 Å². The van der Waals surface area contributed by atoms with E-state index in [1.165, 1.54) is 0 Å². The molecule has 3 amide bonds. The van der Waals surface area contributed by atoms with E-state index in [1.54, 1.807) is 0 Å². The van der Waals surface area contributed by atoms with Gasteiger partial charge in [-0.15, -0.1) is 0 Å². The summed E-state index contributed by atoms with van der Waals surface area (Å²) in [6.07, 6.45) is 0.852. The normalized spacial score (nSPS) is 19.2. The van der Waals surface area contributed by atoms with Crippen LogP contribution in [0.4, 0.5) is 4.79 Å². The van der Waals surface area contributed by atoms with E-state index in [1.807, 2.05) is 6.92 Å². The van der Waals surface area contributed by atoms with Crippen LogP contribution in [0.5, 0.6) is 0 Å². The Morgan fingerprint density at radius 3 is 2.42 bits per heavy atom. The molecule has 0 aromatic heterocycles. The van der Waals surface area contributed by atoms with Gasteiger partial charge in [0.1, 0.15) is 6.04 Å². The number of hydrogen-bond acceptors (Lipinski definition) is 4. The van der Waals surface area contributed by atoms with Gasteiger partial charge in [0, 0.05) is 18.8 Å². The molecule has 8 heteroatoms. The number of nitrogens with two attached hydrogens (primary N) is 1. The first-order valence-corrected chi connectivity index (χ1v) is 6.00. The van der Waals surface area contributed by atoms with Crippen LogP contribution in [0.15, 0.2) is 0 Å². The van der Waals surface area contributed by atoms with Gasteiger partial charge >= 0.3 is 12.0 Å². The zero-order valence-electron chi connectivity index (χ0n) is 10.8. The number of carboxylic acid groups (broad SMARTS) is 1.